The minimum Gasteiger partial charge on any atom is -0.355 e. The number of hydrogen-bond donors (Lipinski definition) is 2. The van der Waals surface area contributed by atoms with Crippen LogP contribution in [0.25, 0.3) is 0 Å². The first-order valence-corrected chi connectivity index (χ1v) is 9.46. The highest BCUT2D eigenvalue weighted by molar-refractivity contribution is 9.10. The fourth-order valence-corrected chi connectivity index (χ4v) is 2.30. The second-order valence-corrected chi connectivity index (χ2v) is 8.03. The van der Waals surface area contributed by atoms with Crippen molar-refractivity contribution in [2.45, 2.75) is 58.2 Å². The summed E-state index contributed by atoms with van der Waals surface area (Å²) >= 11 is 3.40. The van der Waals surface area contributed by atoms with Gasteiger partial charge < -0.3 is 10.6 Å². The SMILES string of the molecule is CCCCc1ccc(NC(=O)CCNC(=O)C(Br)C(C)(C)C)cc1. The zero-order valence-corrected chi connectivity index (χ0v) is 16.7. The van der Waals surface area contributed by atoms with Gasteiger partial charge in [0.1, 0.15) is 0 Å². The van der Waals surface area contributed by atoms with Gasteiger partial charge in [0.05, 0.1) is 4.83 Å². The minimum absolute atomic E-state index is 0.0874. The summed E-state index contributed by atoms with van der Waals surface area (Å²) in [5, 5.41) is 5.65. The van der Waals surface area contributed by atoms with Gasteiger partial charge in [0.25, 0.3) is 0 Å². The number of hydrogen-bond acceptors (Lipinski definition) is 2. The maximum absolute atomic E-state index is 12.0. The summed E-state index contributed by atoms with van der Waals surface area (Å²) in [6.07, 6.45) is 3.68. The molecule has 0 bridgehead atoms. The van der Waals surface area contributed by atoms with Crippen LogP contribution in [0.5, 0.6) is 0 Å². The van der Waals surface area contributed by atoms with E-state index in [9.17, 15) is 9.59 Å². The maximum atomic E-state index is 12.0. The van der Waals surface area contributed by atoms with Crippen molar-refractivity contribution in [1.29, 1.82) is 0 Å². The highest BCUT2D eigenvalue weighted by Crippen LogP contribution is 2.25. The topological polar surface area (TPSA) is 58.2 Å². The van der Waals surface area contributed by atoms with E-state index in [0.717, 1.165) is 12.1 Å². The Morgan fingerprint density at radius 1 is 1.17 bits per heavy atom. The fraction of sp³-hybridized carbons (Fsp3) is 0.579. The van der Waals surface area contributed by atoms with Crippen LogP contribution in [0, 0.1) is 5.41 Å². The Morgan fingerprint density at radius 3 is 2.33 bits per heavy atom. The molecule has 0 spiro atoms. The molecule has 2 N–H and O–H groups in total. The largest absolute Gasteiger partial charge is 0.355 e. The molecule has 24 heavy (non-hydrogen) atoms. The first-order valence-electron chi connectivity index (χ1n) is 8.54. The molecular formula is C19H29BrN2O2. The van der Waals surface area contributed by atoms with Crippen LogP contribution in [-0.4, -0.2) is 23.2 Å². The minimum atomic E-state index is -0.274. The first kappa shape index (κ1) is 20.7. The maximum Gasteiger partial charge on any atom is 0.234 e. The number of benzene rings is 1. The van der Waals surface area contributed by atoms with E-state index in [-0.39, 0.29) is 28.5 Å². The fourth-order valence-electron chi connectivity index (χ4n) is 2.14. The zero-order valence-electron chi connectivity index (χ0n) is 15.1. The number of carbonyl (C=O) groups is 2. The Hall–Kier alpha value is -1.36. The highest BCUT2D eigenvalue weighted by atomic mass is 79.9. The highest BCUT2D eigenvalue weighted by Gasteiger charge is 2.28. The van der Waals surface area contributed by atoms with Crippen LogP contribution < -0.4 is 10.6 Å². The summed E-state index contributed by atoms with van der Waals surface area (Å²) in [7, 11) is 0. The van der Waals surface area contributed by atoms with Gasteiger partial charge in [-0.05, 0) is 36.0 Å². The van der Waals surface area contributed by atoms with Crippen LogP contribution in [0.1, 0.15) is 52.5 Å². The zero-order chi connectivity index (χ0) is 18.2. The van der Waals surface area contributed by atoms with Crippen molar-refractivity contribution in [3.05, 3.63) is 29.8 Å². The summed E-state index contributed by atoms with van der Waals surface area (Å²) in [6, 6.07) is 7.95. The molecule has 0 radical (unpaired) electrons. The third-order valence-corrected chi connectivity index (χ3v) is 5.49. The average Bonchev–Trinajstić information content (AvgIpc) is 2.52. The number of halogens is 1. The Balaban J connectivity index is 2.35. The quantitative estimate of drug-likeness (QED) is 0.644. The lowest BCUT2D eigenvalue weighted by molar-refractivity contribution is -0.122. The number of aryl methyl sites for hydroxylation is 1. The summed E-state index contributed by atoms with van der Waals surface area (Å²) in [5.74, 6) is -0.186. The smallest absolute Gasteiger partial charge is 0.234 e. The van der Waals surface area contributed by atoms with Crippen LogP contribution in [0.4, 0.5) is 5.69 Å². The third-order valence-electron chi connectivity index (χ3n) is 3.70. The van der Waals surface area contributed by atoms with Crippen LogP contribution in [0.3, 0.4) is 0 Å². The van der Waals surface area contributed by atoms with E-state index >= 15 is 0 Å². The van der Waals surface area contributed by atoms with Crippen molar-refractivity contribution in [2.24, 2.45) is 5.41 Å². The summed E-state index contributed by atoms with van der Waals surface area (Å²) < 4.78 is 0. The van der Waals surface area contributed by atoms with E-state index in [4.69, 9.17) is 0 Å². The second-order valence-electron chi connectivity index (χ2n) is 7.12. The number of alkyl halides is 1. The van der Waals surface area contributed by atoms with Crippen LogP contribution in [0.2, 0.25) is 0 Å². The predicted octanol–water partition coefficient (Wildman–Crippen LogP) is 4.28. The van der Waals surface area contributed by atoms with Gasteiger partial charge in [-0.1, -0.05) is 62.2 Å². The molecule has 1 rings (SSSR count). The van der Waals surface area contributed by atoms with Gasteiger partial charge in [0.2, 0.25) is 11.8 Å². The second kappa shape index (κ2) is 9.82. The van der Waals surface area contributed by atoms with Gasteiger partial charge in [-0.15, -0.1) is 0 Å². The summed E-state index contributed by atoms with van der Waals surface area (Å²) in [6.45, 7) is 8.47. The van der Waals surface area contributed by atoms with Crippen molar-refractivity contribution in [1.82, 2.24) is 5.32 Å². The third kappa shape index (κ3) is 7.47. The van der Waals surface area contributed by atoms with Crippen molar-refractivity contribution in [3.8, 4) is 0 Å². The Morgan fingerprint density at radius 2 is 1.79 bits per heavy atom. The lowest BCUT2D eigenvalue weighted by Crippen LogP contribution is -2.39. The van der Waals surface area contributed by atoms with Crippen molar-refractivity contribution < 1.29 is 9.59 Å². The van der Waals surface area contributed by atoms with Crippen LogP contribution in [-0.2, 0) is 16.0 Å². The van der Waals surface area contributed by atoms with Crippen molar-refractivity contribution in [2.75, 3.05) is 11.9 Å². The van der Waals surface area contributed by atoms with Gasteiger partial charge >= 0.3 is 0 Å². The molecule has 0 aromatic heterocycles. The van der Waals surface area contributed by atoms with Crippen molar-refractivity contribution >= 4 is 33.4 Å². The molecule has 1 unspecified atom stereocenters. The van der Waals surface area contributed by atoms with E-state index in [2.05, 4.69) is 33.5 Å². The molecule has 5 heteroatoms. The molecule has 1 aromatic carbocycles. The summed E-state index contributed by atoms with van der Waals surface area (Å²) in [4.78, 5) is 23.6. The standard InChI is InChI=1S/C19H29BrN2O2/c1-5-6-7-14-8-10-15(11-9-14)22-16(23)12-13-21-18(24)17(20)19(2,3)4/h8-11,17H,5-7,12-13H2,1-4H3,(H,21,24)(H,22,23). The average molecular weight is 397 g/mol. The molecule has 0 heterocycles. The molecule has 1 atom stereocenters. The van der Waals surface area contributed by atoms with Gasteiger partial charge in [0.15, 0.2) is 0 Å². The summed E-state index contributed by atoms with van der Waals surface area (Å²) in [5.41, 5.74) is 1.92. The molecule has 1 aromatic rings. The number of unbranched alkanes of at least 4 members (excludes halogenated alkanes) is 1. The molecule has 4 nitrogen and oxygen atoms in total. The molecule has 2 amide bonds. The van der Waals surface area contributed by atoms with Crippen LogP contribution in [0.15, 0.2) is 24.3 Å². The van der Waals surface area contributed by atoms with E-state index in [1.165, 1.54) is 18.4 Å². The Kier molecular flexibility index (Phi) is 8.46. The van der Waals surface area contributed by atoms with Gasteiger partial charge in [-0.2, -0.15) is 0 Å². The molecular weight excluding hydrogens is 368 g/mol. The van der Waals surface area contributed by atoms with Gasteiger partial charge in [0, 0.05) is 18.7 Å². The monoisotopic (exact) mass is 396 g/mol. The number of amides is 2. The lowest BCUT2D eigenvalue weighted by Gasteiger charge is -2.24. The molecule has 0 saturated carbocycles. The molecule has 0 aliphatic rings. The van der Waals surface area contributed by atoms with E-state index < -0.39 is 0 Å². The Bertz CT molecular complexity index is 535. The number of nitrogens with one attached hydrogen (secondary N) is 2. The van der Waals surface area contributed by atoms with Crippen molar-refractivity contribution in [3.63, 3.8) is 0 Å². The molecule has 0 fully saturated rings. The lowest BCUT2D eigenvalue weighted by atomic mass is 9.92. The van der Waals surface area contributed by atoms with E-state index in [1.807, 2.05) is 45.0 Å². The molecule has 0 saturated heterocycles. The Labute approximate surface area is 153 Å². The number of rotatable bonds is 8. The van der Waals surface area contributed by atoms with Gasteiger partial charge in [-0.25, -0.2) is 0 Å². The molecule has 0 aliphatic heterocycles. The van der Waals surface area contributed by atoms with Gasteiger partial charge in [-0.3, -0.25) is 9.59 Å². The predicted molar refractivity (Wildman–Crippen MR) is 103 cm³/mol. The normalized spacial score (nSPS) is 12.5. The molecule has 134 valence electrons. The molecule has 0 aliphatic carbocycles. The van der Waals surface area contributed by atoms with Crippen LogP contribution >= 0.6 is 15.9 Å². The first-order chi connectivity index (χ1) is 11.2. The van der Waals surface area contributed by atoms with E-state index in [0.29, 0.717) is 6.54 Å². The number of anilines is 1. The number of carbonyl (C=O) groups excluding carboxylic acids is 2. The van der Waals surface area contributed by atoms with E-state index in [1.54, 1.807) is 0 Å².